The van der Waals surface area contributed by atoms with E-state index >= 15 is 0 Å². The van der Waals surface area contributed by atoms with E-state index in [0.29, 0.717) is 0 Å². The van der Waals surface area contributed by atoms with Crippen LogP contribution in [-0.2, 0) is 11.2 Å². The lowest BCUT2D eigenvalue weighted by Crippen LogP contribution is -1.93. The Balaban J connectivity index is 0. The zero-order valence-corrected chi connectivity index (χ0v) is 14.2. The molecule has 1 nitrogen and oxygen atoms in total. The normalized spacial score (nSPS) is 9.00. The van der Waals surface area contributed by atoms with Crippen molar-refractivity contribution in [2.75, 3.05) is 13.7 Å². The molecule has 0 N–H and O–H groups in total. The van der Waals surface area contributed by atoms with Crippen LogP contribution in [0.4, 0.5) is 0 Å². The van der Waals surface area contributed by atoms with Gasteiger partial charge in [0.25, 0.3) is 0 Å². The predicted molar refractivity (Wildman–Crippen MR) is 88.0 cm³/mol. The van der Waals surface area contributed by atoms with E-state index in [1.807, 2.05) is 27.7 Å². The summed E-state index contributed by atoms with van der Waals surface area (Å²) in [4.78, 5) is 0. The van der Waals surface area contributed by atoms with E-state index in [0.717, 1.165) is 6.61 Å². The second-order valence-corrected chi connectivity index (χ2v) is 4.23. The Kier molecular flexibility index (Phi) is 16.4. The maximum Gasteiger partial charge on any atom is 0.0462 e. The molecular formula is C18H34O. The fourth-order valence-electron chi connectivity index (χ4n) is 1.86. The largest absolute Gasteiger partial charge is 0.385 e. The first-order valence-corrected chi connectivity index (χ1v) is 7.79. The molecule has 112 valence electrons. The zero-order chi connectivity index (χ0) is 15.1. The molecule has 1 aromatic carbocycles. The summed E-state index contributed by atoms with van der Waals surface area (Å²) in [6.07, 6.45) is 4.92. The molecule has 0 aliphatic carbocycles. The van der Waals surface area contributed by atoms with E-state index in [9.17, 15) is 0 Å². The molecule has 0 saturated carbocycles. The van der Waals surface area contributed by atoms with E-state index in [1.54, 1.807) is 7.11 Å². The predicted octanol–water partition coefficient (Wildman–Crippen LogP) is 5.72. The summed E-state index contributed by atoms with van der Waals surface area (Å²) in [6, 6.07) is 6.74. The molecule has 0 saturated heterocycles. The van der Waals surface area contributed by atoms with Crippen LogP contribution < -0.4 is 0 Å². The number of ether oxygens (including phenoxy) is 1. The van der Waals surface area contributed by atoms with Crippen molar-refractivity contribution >= 4 is 0 Å². The van der Waals surface area contributed by atoms with Crippen LogP contribution in [-0.4, -0.2) is 13.7 Å². The van der Waals surface area contributed by atoms with Gasteiger partial charge >= 0.3 is 0 Å². The Morgan fingerprint density at radius 1 is 0.895 bits per heavy atom. The third-order valence-electron chi connectivity index (χ3n) is 2.79. The standard InChI is InChI=1S/C14H22O.2C2H6/c1-12-8-9-14(13(2)11-12)7-5-4-6-10-15-3;2*1-2/h8-9,11H,4-7,10H2,1-3H3;2*1-2H3. The molecule has 1 aromatic rings. The first-order chi connectivity index (χ1) is 9.24. The molecule has 0 amide bonds. The Morgan fingerprint density at radius 2 is 1.53 bits per heavy atom. The summed E-state index contributed by atoms with van der Waals surface area (Å²) in [5.41, 5.74) is 4.29. The highest BCUT2D eigenvalue weighted by atomic mass is 16.5. The lowest BCUT2D eigenvalue weighted by molar-refractivity contribution is 0.192. The molecule has 0 aliphatic rings. The average Bonchev–Trinajstić information content (AvgIpc) is 2.45. The molecule has 1 heteroatoms. The second kappa shape index (κ2) is 15.2. The van der Waals surface area contributed by atoms with Gasteiger partial charge in [0.15, 0.2) is 0 Å². The first kappa shape index (κ1) is 20.5. The SMILES string of the molecule is CC.CC.COCCCCCc1ccc(C)cc1C. The summed E-state index contributed by atoms with van der Waals surface area (Å²) >= 11 is 0. The number of unbranched alkanes of at least 4 members (excludes halogenated alkanes) is 2. The molecule has 0 fully saturated rings. The molecule has 0 bridgehead atoms. The van der Waals surface area contributed by atoms with Crippen LogP contribution in [0.2, 0.25) is 0 Å². The van der Waals surface area contributed by atoms with Gasteiger partial charge in [-0.25, -0.2) is 0 Å². The van der Waals surface area contributed by atoms with Crippen LogP contribution in [0.25, 0.3) is 0 Å². The topological polar surface area (TPSA) is 9.23 Å². The Labute approximate surface area is 121 Å². The van der Waals surface area contributed by atoms with Gasteiger partial charge in [-0.3, -0.25) is 0 Å². The van der Waals surface area contributed by atoms with Gasteiger partial charge in [-0.2, -0.15) is 0 Å². The first-order valence-electron chi connectivity index (χ1n) is 7.79. The fourth-order valence-corrected chi connectivity index (χ4v) is 1.86. The van der Waals surface area contributed by atoms with Gasteiger partial charge in [-0.1, -0.05) is 57.9 Å². The molecule has 0 aliphatic heterocycles. The van der Waals surface area contributed by atoms with Gasteiger partial charge in [-0.05, 0) is 44.2 Å². The molecule has 0 unspecified atom stereocenters. The monoisotopic (exact) mass is 266 g/mol. The molecule has 0 radical (unpaired) electrons. The van der Waals surface area contributed by atoms with Crippen molar-refractivity contribution < 1.29 is 4.74 Å². The van der Waals surface area contributed by atoms with Crippen molar-refractivity contribution in [1.29, 1.82) is 0 Å². The van der Waals surface area contributed by atoms with Gasteiger partial charge in [0, 0.05) is 13.7 Å². The second-order valence-electron chi connectivity index (χ2n) is 4.23. The lowest BCUT2D eigenvalue weighted by Gasteiger charge is -2.06. The minimum absolute atomic E-state index is 0.896. The zero-order valence-electron chi connectivity index (χ0n) is 14.2. The minimum Gasteiger partial charge on any atom is -0.385 e. The van der Waals surface area contributed by atoms with E-state index in [1.165, 1.54) is 42.4 Å². The minimum atomic E-state index is 0.896. The molecule has 0 heterocycles. The van der Waals surface area contributed by atoms with Crippen LogP contribution >= 0.6 is 0 Å². The number of aryl methyl sites for hydroxylation is 3. The van der Waals surface area contributed by atoms with E-state index in [4.69, 9.17) is 4.74 Å². The fraction of sp³-hybridized carbons (Fsp3) is 0.667. The van der Waals surface area contributed by atoms with Crippen molar-refractivity contribution in [3.63, 3.8) is 0 Å². The molecule has 1 rings (SSSR count). The van der Waals surface area contributed by atoms with Crippen molar-refractivity contribution in [2.24, 2.45) is 0 Å². The average molecular weight is 266 g/mol. The van der Waals surface area contributed by atoms with Crippen molar-refractivity contribution in [1.82, 2.24) is 0 Å². The summed E-state index contributed by atoms with van der Waals surface area (Å²) in [7, 11) is 1.77. The highest BCUT2D eigenvalue weighted by molar-refractivity contribution is 5.30. The van der Waals surface area contributed by atoms with Crippen molar-refractivity contribution in [2.45, 2.75) is 67.2 Å². The molecular weight excluding hydrogens is 232 g/mol. The van der Waals surface area contributed by atoms with Crippen LogP contribution in [0.3, 0.4) is 0 Å². The summed E-state index contributed by atoms with van der Waals surface area (Å²) in [5, 5.41) is 0. The third-order valence-corrected chi connectivity index (χ3v) is 2.79. The number of hydrogen-bond donors (Lipinski definition) is 0. The maximum atomic E-state index is 5.03. The summed E-state index contributed by atoms with van der Waals surface area (Å²) in [5.74, 6) is 0. The van der Waals surface area contributed by atoms with Crippen LogP contribution in [0.15, 0.2) is 18.2 Å². The van der Waals surface area contributed by atoms with E-state index in [-0.39, 0.29) is 0 Å². The van der Waals surface area contributed by atoms with Crippen molar-refractivity contribution in [3.8, 4) is 0 Å². The Bertz CT molecular complexity index is 292. The molecule has 19 heavy (non-hydrogen) atoms. The number of hydrogen-bond acceptors (Lipinski definition) is 1. The maximum absolute atomic E-state index is 5.03. The van der Waals surface area contributed by atoms with Gasteiger partial charge in [-0.15, -0.1) is 0 Å². The molecule has 0 spiro atoms. The highest BCUT2D eigenvalue weighted by Gasteiger charge is 1.98. The van der Waals surface area contributed by atoms with Gasteiger partial charge in [0.05, 0.1) is 0 Å². The number of benzene rings is 1. The number of methoxy groups -OCH3 is 1. The Morgan fingerprint density at radius 3 is 2.05 bits per heavy atom. The van der Waals surface area contributed by atoms with Crippen molar-refractivity contribution in [3.05, 3.63) is 34.9 Å². The highest BCUT2D eigenvalue weighted by Crippen LogP contribution is 2.13. The van der Waals surface area contributed by atoms with Crippen LogP contribution in [0.1, 0.15) is 63.6 Å². The summed E-state index contributed by atoms with van der Waals surface area (Å²) < 4.78 is 5.03. The van der Waals surface area contributed by atoms with Crippen LogP contribution in [0, 0.1) is 13.8 Å². The van der Waals surface area contributed by atoms with Gasteiger partial charge < -0.3 is 4.74 Å². The van der Waals surface area contributed by atoms with Gasteiger partial charge in [0.2, 0.25) is 0 Å². The van der Waals surface area contributed by atoms with E-state index in [2.05, 4.69) is 32.0 Å². The molecule has 0 aromatic heterocycles. The van der Waals surface area contributed by atoms with Crippen LogP contribution in [0.5, 0.6) is 0 Å². The molecule has 0 atom stereocenters. The Hall–Kier alpha value is -0.820. The van der Waals surface area contributed by atoms with E-state index < -0.39 is 0 Å². The third kappa shape index (κ3) is 10.8. The summed E-state index contributed by atoms with van der Waals surface area (Å²) in [6.45, 7) is 13.2. The lowest BCUT2D eigenvalue weighted by atomic mass is 10.0. The smallest absolute Gasteiger partial charge is 0.0462 e. The number of rotatable bonds is 6. The quantitative estimate of drug-likeness (QED) is 0.599. The van der Waals surface area contributed by atoms with Gasteiger partial charge in [0.1, 0.15) is 0 Å².